The van der Waals surface area contributed by atoms with Gasteiger partial charge >= 0.3 is 0 Å². The fraction of sp³-hybridized carbons (Fsp3) is 0.550. The number of fused-ring (bicyclic) bond motifs is 2. The van der Waals surface area contributed by atoms with Crippen LogP contribution in [-0.2, 0) is 0 Å². The number of rotatable bonds is 3. The summed E-state index contributed by atoms with van der Waals surface area (Å²) >= 11 is 0. The zero-order valence-electron chi connectivity index (χ0n) is 15.1. The van der Waals surface area contributed by atoms with E-state index >= 15 is 0 Å². The number of nitrogens with one attached hydrogen (secondary N) is 1. The number of aryl methyl sites for hydroxylation is 1. The van der Waals surface area contributed by atoms with Gasteiger partial charge in [-0.2, -0.15) is 0 Å². The number of allylic oxidation sites excluding steroid dienone is 1. The zero-order valence-corrected chi connectivity index (χ0v) is 15.1. The molecule has 2 saturated carbocycles. The van der Waals surface area contributed by atoms with E-state index in [1.54, 1.807) is 6.07 Å². The summed E-state index contributed by atoms with van der Waals surface area (Å²) in [5, 5.41) is 3.36. The van der Waals surface area contributed by atoms with Crippen LogP contribution < -0.4 is 5.32 Å². The molecule has 1 N–H and O–H groups in total. The van der Waals surface area contributed by atoms with Crippen molar-refractivity contribution in [2.75, 3.05) is 6.54 Å². The molecule has 5 nitrogen and oxygen atoms in total. The van der Waals surface area contributed by atoms with E-state index in [9.17, 15) is 4.79 Å². The van der Waals surface area contributed by atoms with Gasteiger partial charge < -0.3 is 10.2 Å². The van der Waals surface area contributed by atoms with Gasteiger partial charge in [-0.3, -0.25) is 9.79 Å². The lowest BCUT2D eigenvalue weighted by molar-refractivity contribution is 0.0766. The highest BCUT2D eigenvalue weighted by molar-refractivity contribution is 5.92. The molecule has 2 unspecified atom stereocenters. The highest BCUT2D eigenvalue weighted by atomic mass is 16.2. The molecule has 2 bridgehead atoms. The van der Waals surface area contributed by atoms with Crippen LogP contribution in [0, 0.1) is 6.92 Å². The van der Waals surface area contributed by atoms with E-state index in [4.69, 9.17) is 0 Å². The summed E-state index contributed by atoms with van der Waals surface area (Å²) in [4.78, 5) is 24.0. The number of amides is 1. The van der Waals surface area contributed by atoms with Crippen molar-refractivity contribution in [3.8, 4) is 0 Å². The molecule has 1 aromatic heterocycles. The lowest BCUT2D eigenvalue weighted by Crippen LogP contribution is -2.55. The number of nitrogens with zero attached hydrogens (tertiary/aromatic N) is 3. The Labute approximate surface area is 149 Å². The van der Waals surface area contributed by atoms with Gasteiger partial charge in [-0.15, -0.1) is 0 Å². The zero-order chi connectivity index (χ0) is 17.5. The third-order valence-electron chi connectivity index (χ3n) is 6.16. The van der Waals surface area contributed by atoms with Crippen LogP contribution in [0.2, 0.25) is 0 Å². The first-order chi connectivity index (χ1) is 12.0. The maximum absolute atomic E-state index is 12.8. The van der Waals surface area contributed by atoms with Crippen LogP contribution in [0.5, 0.6) is 0 Å². The number of aromatic nitrogens is 1. The van der Waals surface area contributed by atoms with Gasteiger partial charge in [-0.25, -0.2) is 4.98 Å². The number of carbonyl (C=O) groups is 1. The average Bonchev–Trinajstić information content (AvgIpc) is 2.86. The molecular formula is C20H26N4O. The average molecular weight is 338 g/mol. The molecule has 0 aromatic carbocycles. The number of hydrogen-bond donors (Lipinski definition) is 1. The molecule has 5 heteroatoms. The van der Waals surface area contributed by atoms with Gasteiger partial charge in [-0.1, -0.05) is 6.07 Å². The second-order valence-corrected chi connectivity index (χ2v) is 7.87. The highest BCUT2D eigenvalue weighted by Gasteiger charge is 2.54. The molecule has 25 heavy (non-hydrogen) atoms. The van der Waals surface area contributed by atoms with E-state index < -0.39 is 0 Å². The summed E-state index contributed by atoms with van der Waals surface area (Å²) in [6, 6.07) is 5.62. The smallest absolute Gasteiger partial charge is 0.270 e. The summed E-state index contributed by atoms with van der Waals surface area (Å²) in [6.45, 7) is 4.95. The Kier molecular flexibility index (Phi) is 3.89. The van der Waals surface area contributed by atoms with E-state index in [-0.39, 0.29) is 17.0 Å². The van der Waals surface area contributed by atoms with Crippen molar-refractivity contribution >= 4 is 12.1 Å². The van der Waals surface area contributed by atoms with Crippen LogP contribution in [0.25, 0.3) is 0 Å². The van der Waals surface area contributed by atoms with Crippen molar-refractivity contribution in [2.45, 2.75) is 63.5 Å². The van der Waals surface area contributed by atoms with Gasteiger partial charge in [0.2, 0.25) is 0 Å². The van der Waals surface area contributed by atoms with E-state index in [1.807, 2.05) is 31.5 Å². The van der Waals surface area contributed by atoms with Gasteiger partial charge in [0.15, 0.2) is 0 Å². The van der Waals surface area contributed by atoms with E-state index in [2.05, 4.69) is 27.1 Å². The Morgan fingerprint density at radius 1 is 1.20 bits per heavy atom. The third kappa shape index (κ3) is 2.86. The molecule has 2 fully saturated rings. The molecule has 0 radical (unpaired) electrons. The van der Waals surface area contributed by atoms with Crippen molar-refractivity contribution in [1.29, 1.82) is 0 Å². The van der Waals surface area contributed by atoms with Gasteiger partial charge in [-0.05, 0) is 64.5 Å². The maximum Gasteiger partial charge on any atom is 0.270 e. The highest BCUT2D eigenvalue weighted by Crippen LogP contribution is 2.52. The van der Waals surface area contributed by atoms with Gasteiger partial charge in [0.05, 0.1) is 6.54 Å². The van der Waals surface area contributed by atoms with Gasteiger partial charge in [0, 0.05) is 34.9 Å². The maximum atomic E-state index is 12.8. The summed E-state index contributed by atoms with van der Waals surface area (Å²) in [7, 11) is 0. The molecule has 2 atom stereocenters. The number of carbonyl (C=O) groups excluding carboxylic acids is 1. The topological polar surface area (TPSA) is 57.6 Å². The molecule has 3 aliphatic rings. The van der Waals surface area contributed by atoms with Crippen LogP contribution in [0.15, 0.2) is 35.1 Å². The second-order valence-electron chi connectivity index (χ2n) is 7.87. The summed E-state index contributed by atoms with van der Waals surface area (Å²) in [6.07, 6.45) is 10.6. The van der Waals surface area contributed by atoms with E-state index in [0.717, 1.165) is 44.3 Å². The third-order valence-corrected chi connectivity index (χ3v) is 6.16. The first-order valence-corrected chi connectivity index (χ1v) is 9.24. The Morgan fingerprint density at radius 3 is 2.88 bits per heavy atom. The summed E-state index contributed by atoms with van der Waals surface area (Å²) in [5.74, 6) is -0.0335. The Bertz CT molecular complexity index is 756. The second kappa shape index (κ2) is 5.97. The molecule has 0 spiro atoms. The number of hydrogen-bond acceptors (Lipinski definition) is 4. The van der Waals surface area contributed by atoms with Crippen molar-refractivity contribution in [1.82, 2.24) is 15.2 Å². The fourth-order valence-corrected chi connectivity index (χ4v) is 5.04. The summed E-state index contributed by atoms with van der Waals surface area (Å²) in [5.41, 5.74) is 2.72. The Balaban J connectivity index is 1.54. The Morgan fingerprint density at radius 2 is 2.08 bits per heavy atom. The predicted octanol–water partition coefficient (Wildman–Crippen LogP) is 3.21. The first kappa shape index (κ1) is 16.3. The van der Waals surface area contributed by atoms with Crippen LogP contribution in [0.3, 0.4) is 0 Å². The molecule has 2 heterocycles. The lowest BCUT2D eigenvalue weighted by Gasteiger charge is -2.48. The fourth-order valence-electron chi connectivity index (χ4n) is 5.04. The molecule has 4 rings (SSSR count). The minimum Gasteiger partial charge on any atom is -0.363 e. The summed E-state index contributed by atoms with van der Waals surface area (Å²) < 4.78 is 0. The van der Waals surface area contributed by atoms with Crippen molar-refractivity contribution < 1.29 is 4.79 Å². The monoisotopic (exact) mass is 338 g/mol. The lowest BCUT2D eigenvalue weighted by atomic mass is 9.77. The van der Waals surface area contributed by atoms with Gasteiger partial charge in [0.25, 0.3) is 5.91 Å². The minimum atomic E-state index is -0.0877. The molecule has 1 aliphatic heterocycles. The van der Waals surface area contributed by atoms with Crippen LogP contribution in [0.4, 0.5) is 0 Å². The van der Waals surface area contributed by atoms with Crippen LogP contribution >= 0.6 is 0 Å². The minimum absolute atomic E-state index is 0.0335. The van der Waals surface area contributed by atoms with E-state index in [0.29, 0.717) is 5.69 Å². The quantitative estimate of drug-likeness (QED) is 0.921. The predicted molar refractivity (Wildman–Crippen MR) is 98.6 cm³/mol. The molecular weight excluding hydrogens is 312 g/mol. The normalized spacial score (nSPS) is 31.0. The largest absolute Gasteiger partial charge is 0.363 e. The van der Waals surface area contributed by atoms with Crippen molar-refractivity contribution in [2.24, 2.45) is 4.99 Å². The van der Waals surface area contributed by atoms with Crippen molar-refractivity contribution in [3.63, 3.8) is 0 Å². The molecule has 2 aliphatic carbocycles. The standard InChI is InChI=1S/C20H26N4O/c1-15-5-3-6-17(22-15)18(25)23-19-7-4-8-20(14-19,10-9-19)24-12-11-21-13-16(24)2/h3,5-6,11,13H,4,7-10,12,14H2,1-2H3,(H,23,25). The van der Waals surface area contributed by atoms with Crippen LogP contribution in [-0.4, -0.2) is 39.6 Å². The van der Waals surface area contributed by atoms with Gasteiger partial charge in [0.1, 0.15) is 5.69 Å². The first-order valence-electron chi connectivity index (χ1n) is 9.24. The molecule has 1 aromatic rings. The van der Waals surface area contributed by atoms with Crippen molar-refractivity contribution in [3.05, 3.63) is 41.5 Å². The molecule has 0 saturated heterocycles. The molecule has 1 amide bonds. The SMILES string of the molecule is CC1=CN=CCN1C12CCCC(NC(=O)c3cccc(C)n3)(CC1)C2. The Hall–Kier alpha value is -2.17. The number of aliphatic imine (C=N–C) groups is 1. The van der Waals surface area contributed by atoms with Crippen LogP contribution in [0.1, 0.15) is 61.6 Å². The molecule has 132 valence electrons. The number of pyridine rings is 1. The van der Waals surface area contributed by atoms with E-state index in [1.165, 1.54) is 12.1 Å².